The molecule has 6 nitrogen and oxygen atoms in total. The molecule has 1 fully saturated rings. The average molecular weight is 374 g/mol. The third-order valence-electron chi connectivity index (χ3n) is 4.00. The van der Waals surface area contributed by atoms with Crippen LogP contribution >= 0.6 is 11.3 Å². The van der Waals surface area contributed by atoms with Crippen LogP contribution in [-0.4, -0.2) is 53.5 Å². The molecule has 10 heteroatoms. The quantitative estimate of drug-likeness (QED) is 0.888. The third-order valence-corrected chi connectivity index (χ3v) is 5.02. The Kier molecular flexibility index (Phi) is 5.00. The Labute approximate surface area is 146 Å². The van der Waals surface area contributed by atoms with Gasteiger partial charge in [0.05, 0.1) is 7.11 Å². The van der Waals surface area contributed by atoms with Crippen molar-refractivity contribution >= 4 is 16.5 Å². The number of rotatable bonds is 4. The lowest BCUT2D eigenvalue weighted by atomic mass is 10.1. The van der Waals surface area contributed by atoms with Crippen molar-refractivity contribution in [2.75, 3.05) is 38.2 Å². The van der Waals surface area contributed by atoms with Gasteiger partial charge in [-0.2, -0.15) is 13.2 Å². The molecule has 1 aromatic heterocycles. The van der Waals surface area contributed by atoms with Crippen molar-refractivity contribution in [2.24, 2.45) is 0 Å². The van der Waals surface area contributed by atoms with Crippen LogP contribution in [0, 0.1) is 0 Å². The number of hydrogen-bond acceptors (Lipinski definition) is 7. The van der Waals surface area contributed by atoms with E-state index < -0.39 is 11.2 Å². The molecule has 0 aliphatic carbocycles. The van der Waals surface area contributed by atoms with E-state index in [0.29, 0.717) is 49.8 Å². The summed E-state index contributed by atoms with van der Waals surface area (Å²) in [5.74, 6) is 0.538. The highest BCUT2D eigenvalue weighted by molar-refractivity contribution is 7.15. The molecule has 2 heterocycles. The number of aromatic hydroxyl groups is 1. The minimum Gasteiger partial charge on any atom is -0.504 e. The molecular weight excluding hydrogens is 357 g/mol. The molecule has 1 saturated heterocycles. The van der Waals surface area contributed by atoms with Crippen molar-refractivity contribution in [2.45, 2.75) is 12.7 Å². The highest BCUT2D eigenvalue weighted by Crippen LogP contribution is 2.35. The second-order valence-electron chi connectivity index (χ2n) is 5.62. The summed E-state index contributed by atoms with van der Waals surface area (Å²) >= 11 is 0.563. The summed E-state index contributed by atoms with van der Waals surface area (Å²) in [6, 6.07) is 5.32. The minimum absolute atomic E-state index is 0.117. The van der Waals surface area contributed by atoms with E-state index in [-0.39, 0.29) is 10.9 Å². The Bertz CT molecular complexity index is 730. The van der Waals surface area contributed by atoms with Crippen LogP contribution in [0.1, 0.15) is 10.6 Å². The number of para-hydroxylation sites is 1. The predicted octanol–water partition coefficient (Wildman–Crippen LogP) is 2.59. The van der Waals surface area contributed by atoms with Crippen LogP contribution in [0.15, 0.2) is 18.2 Å². The van der Waals surface area contributed by atoms with Gasteiger partial charge in [-0.1, -0.05) is 23.5 Å². The zero-order valence-electron chi connectivity index (χ0n) is 13.5. The third kappa shape index (κ3) is 3.96. The molecular formula is C15H17F3N4O2S. The molecule has 0 saturated carbocycles. The lowest BCUT2D eigenvalue weighted by molar-refractivity contribution is -0.138. The Morgan fingerprint density at radius 1 is 1.20 bits per heavy atom. The minimum atomic E-state index is -4.46. The van der Waals surface area contributed by atoms with Gasteiger partial charge < -0.3 is 14.7 Å². The molecule has 0 amide bonds. The molecule has 0 unspecified atom stereocenters. The topological polar surface area (TPSA) is 61.7 Å². The van der Waals surface area contributed by atoms with Gasteiger partial charge >= 0.3 is 6.18 Å². The second kappa shape index (κ2) is 7.04. The summed E-state index contributed by atoms with van der Waals surface area (Å²) in [7, 11) is 1.49. The van der Waals surface area contributed by atoms with Crippen LogP contribution in [0.5, 0.6) is 11.5 Å². The van der Waals surface area contributed by atoms with Gasteiger partial charge in [0.1, 0.15) is 0 Å². The van der Waals surface area contributed by atoms with Crippen LogP contribution in [-0.2, 0) is 12.7 Å². The van der Waals surface area contributed by atoms with E-state index in [1.165, 1.54) is 7.11 Å². The molecule has 1 aliphatic heterocycles. The smallest absolute Gasteiger partial charge is 0.445 e. The summed E-state index contributed by atoms with van der Waals surface area (Å²) in [6.45, 7) is 2.95. The molecule has 1 aliphatic rings. The molecule has 25 heavy (non-hydrogen) atoms. The number of anilines is 1. The first-order valence-electron chi connectivity index (χ1n) is 7.61. The highest BCUT2D eigenvalue weighted by Gasteiger charge is 2.36. The lowest BCUT2D eigenvalue weighted by Crippen LogP contribution is -2.45. The van der Waals surface area contributed by atoms with Crippen LogP contribution in [0.2, 0.25) is 0 Å². The number of halogens is 3. The first-order valence-corrected chi connectivity index (χ1v) is 8.43. The standard InChI is InChI=1S/C15H17F3N4O2S/c1-24-11-4-2-3-10(12(11)23)9-21-5-7-22(8-6-21)14-20-19-13(25-14)15(16,17)18/h2-4,23H,5-9H2,1H3. The SMILES string of the molecule is COc1cccc(CN2CCN(c3nnc(C(F)(F)F)s3)CC2)c1O. The molecule has 0 radical (unpaired) electrons. The highest BCUT2D eigenvalue weighted by atomic mass is 32.1. The molecule has 3 rings (SSSR count). The van der Waals surface area contributed by atoms with E-state index >= 15 is 0 Å². The summed E-state index contributed by atoms with van der Waals surface area (Å²) < 4.78 is 43.0. The largest absolute Gasteiger partial charge is 0.504 e. The number of aromatic nitrogens is 2. The zero-order valence-corrected chi connectivity index (χ0v) is 14.3. The van der Waals surface area contributed by atoms with Crippen LogP contribution in [0.4, 0.5) is 18.3 Å². The number of methoxy groups -OCH3 is 1. The van der Waals surface area contributed by atoms with Crippen LogP contribution < -0.4 is 9.64 Å². The number of hydrogen-bond donors (Lipinski definition) is 1. The van der Waals surface area contributed by atoms with Crippen molar-refractivity contribution in [1.29, 1.82) is 0 Å². The second-order valence-corrected chi connectivity index (χ2v) is 6.57. The Morgan fingerprint density at radius 2 is 1.92 bits per heavy atom. The Morgan fingerprint density at radius 3 is 2.52 bits per heavy atom. The van der Waals surface area contributed by atoms with Crippen LogP contribution in [0.3, 0.4) is 0 Å². The summed E-state index contributed by atoms with van der Waals surface area (Å²) in [6.07, 6.45) is -4.46. The predicted molar refractivity (Wildman–Crippen MR) is 87.1 cm³/mol. The fraction of sp³-hybridized carbons (Fsp3) is 0.467. The van der Waals surface area contributed by atoms with Crippen molar-refractivity contribution in [3.8, 4) is 11.5 Å². The lowest BCUT2D eigenvalue weighted by Gasteiger charge is -2.34. The summed E-state index contributed by atoms with van der Waals surface area (Å²) in [5, 5.41) is 16.4. The van der Waals surface area contributed by atoms with Gasteiger partial charge in [0, 0.05) is 38.3 Å². The van der Waals surface area contributed by atoms with Gasteiger partial charge in [0.25, 0.3) is 0 Å². The van der Waals surface area contributed by atoms with Gasteiger partial charge in [-0.3, -0.25) is 4.90 Å². The Hall–Kier alpha value is -2.07. The maximum Gasteiger partial charge on any atom is 0.445 e. The fourth-order valence-electron chi connectivity index (χ4n) is 2.66. The number of benzene rings is 1. The average Bonchev–Trinajstić information content (AvgIpc) is 3.08. The van der Waals surface area contributed by atoms with E-state index in [2.05, 4.69) is 15.1 Å². The van der Waals surface area contributed by atoms with E-state index in [1.54, 1.807) is 11.0 Å². The molecule has 0 atom stereocenters. The first-order chi connectivity index (χ1) is 11.9. The van der Waals surface area contributed by atoms with Crippen LogP contribution in [0.25, 0.3) is 0 Å². The summed E-state index contributed by atoms with van der Waals surface area (Å²) in [4.78, 5) is 3.92. The zero-order chi connectivity index (χ0) is 18.0. The number of alkyl halides is 3. The molecule has 1 N–H and O–H groups in total. The van der Waals surface area contributed by atoms with Gasteiger partial charge in [0.2, 0.25) is 10.1 Å². The van der Waals surface area contributed by atoms with E-state index in [4.69, 9.17) is 4.74 Å². The molecule has 136 valence electrons. The maximum absolute atomic E-state index is 12.6. The van der Waals surface area contributed by atoms with E-state index in [0.717, 1.165) is 5.56 Å². The normalized spacial score (nSPS) is 16.2. The number of piperazine rings is 1. The summed E-state index contributed by atoms with van der Waals surface area (Å²) in [5.41, 5.74) is 0.753. The fourth-order valence-corrected chi connectivity index (χ4v) is 3.42. The Balaban J connectivity index is 1.60. The molecule has 0 spiro atoms. The first kappa shape index (κ1) is 17.7. The van der Waals surface area contributed by atoms with Crippen molar-refractivity contribution < 1.29 is 23.0 Å². The number of nitrogens with zero attached hydrogens (tertiary/aromatic N) is 4. The molecule has 2 aromatic rings. The molecule has 0 bridgehead atoms. The van der Waals surface area contributed by atoms with E-state index in [9.17, 15) is 18.3 Å². The van der Waals surface area contributed by atoms with Crippen molar-refractivity contribution in [1.82, 2.24) is 15.1 Å². The van der Waals surface area contributed by atoms with E-state index in [1.807, 2.05) is 12.1 Å². The van der Waals surface area contributed by atoms with Gasteiger partial charge in [-0.05, 0) is 6.07 Å². The number of ether oxygens (including phenoxy) is 1. The number of phenols is 1. The van der Waals surface area contributed by atoms with Gasteiger partial charge in [0.15, 0.2) is 11.5 Å². The van der Waals surface area contributed by atoms with Gasteiger partial charge in [-0.25, -0.2) is 0 Å². The van der Waals surface area contributed by atoms with Crippen molar-refractivity contribution in [3.63, 3.8) is 0 Å². The maximum atomic E-state index is 12.6. The van der Waals surface area contributed by atoms with Crippen molar-refractivity contribution in [3.05, 3.63) is 28.8 Å². The monoisotopic (exact) mass is 374 g/mol. The number of phenolic OH excluding ortho intramolecular Hbond substituents is 1. The van der Waals surface area contributed by atoms with Gasteiger partial charge in [-0.15, -0.1) is 10.2 Å². The molecule has 1 aromatic carbocycles.